The topological polar surface area (TPSA) is 37.3 Å². The van der Waals surface area contributed by atoms with Gasteiger partial charge in [-0.25, -0.2) is 0 Å². The highest BCUT2D eigenvalue weighted by molar-refractivity contribution is 5.74. The van der Waals surface area contributed by atoms with Gasteiger partial charge < -0.3 is 5.11 Å². The molecule has 1 N–H and O–H groups in total. The van der Waals surface area contributed by atoms with E-state index in [-0.39, 0.29) is 5.92 Å². The third kappa shape index (κ3) is 1.79. The Kier molecular flexibility index (Phi) is 4.29. The molecule has 1 unspecified atom stereocenters. The van der Waals surface area contributed by atoms with E-state index >= 15 is 0 Å². The van der Waals surface area contributed by atoms with Crippen LogP contribution in [0.15, 0.2) is 0 Å². The van der Waals surface area contributed by atoms with Crippen LogP contribution in [0.5, 0.6) is 0 Å². The van der Waals surface area contributed by atoms with E-state index in [4.69, 9.17) is 5.11 Å². The highest BCUT2D eigenvalue weighted by Gasteiger charge is 2.39. The summed E-state index contributed by atoms with van der Waals surface area (Å²) >= 11 is 0. The molecule has 0 aliphatic rings. The summed E-state index contributed by atoms with van der Waals surface area (Å²) in [6.45, 7) is 8.00. The van der Waals surface area contributed by atoms with Crippen LogP contribution in [0.25, 0.3) is 0 Å². The van der Waals surface area contributed by atoms with Crippen molar-refractivity contribution in [1.29, 1.82) is 0 Å². The molecule has 12 heavy (non-hydrogen) atoms. The molecule has 0 aliphatic heterocycles. The van der Waals surface area contributed by atoms with Gasteiger partial charge in [-0.2, -0.15) is 0 Å². The Bertz CT molecular complexity index is 148. The summed E-state index contributed by atoms with van der Waals surface area (Å²) < 4.78 is 0. The molecule has 0 aromatic carbocycles. The Morgan fingerprint density at radius 1 is 1.33 bits per heavy atom. The van der Waals surface area contributed by atoms with Crippen LogP contribution in [0.3, 0.4) is 0 Å². The molecule has 0 fully saturated rings. The first-order valence-electron chi connectivity index (χ1n) is 4.78. The van der Waals surface area contributed by atoms with Gasteiger partial charge in [-0.1, -0.05) is 34.1 Å². The molecule has 0 aromatic heterocycles. The van der Waals surface area contributed by atoms with Crippen LogP contribution in [-0.2, 0) is 4.79 Å². The SMILES string of the molecule is CCC(C)C(CC)(CC)C(=O)O. The lowest BCUT2D eigenvalue weighted by molar-refractivity contribution is -0.153. The fourth-order valence-corrected chi connectivity index (χ4v) is 1.85. The minimum Gasteiger partial charge on any atom is -0.481 e. The summed E-state index contributed by atoms with van der Waals surface area (Å²) in [7, 11) is 0. The third-order valence-electron chi connectivity index (χ3n) is 3.24. The molecule has 0 saturated heterocycles. The molecule has 0 aromatic rings. The van der Waals surface area contributed by atoms with Crippen molar-refractivity contribution in [3.63, 3.8) is 0 Å². The van der Waals surface area contributed by atoms with Crippen molar-refractivity contribution in [1.82, 2.24) is 0 Å². The zero-order chi connectivity index (χ0) is 9.78. The van der Waals surface area contributed by atoms with Crippen molar-refractivity contribution in [2.24, 2.45) is 11.3 Å². The van der Waals surface area contributed by atoms with E-state index in [1.54, 1.807) is 0 Å². The van der Waals surface area contributed by atoms with Gasteiger partial charge >= 0.3 is 5.97 Å². The molecular formula is C10H20O2. The van der Waals surface area contributed by atoms with Gasteiger partial charge in [0.1, 0.15) is 0 Å². The summed E-state index contributed by atoms with van der Waals surface area (Å²) in [4.78, 5) is 11.1. The summed E-state index contributed by atoms with van der Waals surface area (Å²) in [6.07, 6.45) is 2.40. The van der Waals surface area contributed by atoms with Gasteiger partial charge in [0.15, 0.2) is 0 Å². The van der Waals surface area contributed by atoms with Gasteiger partial charge in [0, 0.05) is 0 Å². The van der Waals surface area contributed by atoms with Gasteiger partial charge in [0.2, 0.25) is 0 Å². The Labute approximate surface area is 75.0 Å². The van der Waals surface area contributed by atoms with Crippen LogP contribution < -0.4 is 0 Å². The molecule has 2 nitrogen and oxygen atoms in total. The lowest BCUT2D eigenvalue weighted by Gasteiger charge is -2.32. The zero-order valence-corrected chi connectivity index (χ0v) is 8.55. The second kappa shape index (κ2) is 4.48. The summed E-state index contributed by atoms with van der Waals surface area (Å²) in [6, 6.07) is 0. The Morgan fingerprint density at radius 3 is 1.83 bits per heavy atom. The number of hydrogen-bond acceptors (Lipinski definition) is 1. The van der Waals surface area contributed by atoms with Gasteiger partial charge in [-0.3, -0.25) is 4.79 Å². The van der Waals surface area contributed by atoms with Crippen molar-refractivity contribution in [2.75, 3.05) is 0 Å². The van der Waals surface area contributed by atoms with Crippen molar-refractivity contribution >= 4 is 5.97 Å². The molecule has 1 atom stereocenters. The lowest BCUT2D eigenvalue weighted by atomic mass is 9.71. The normalized spacial score (nSPS) is 14.3. The fourth-order valence-electron chi connectivity index (χ4n) is 1.85. The maximum atomic E-state index is 11.1. The Morgan fingerprint density at radius 2 is 1.75 bits per heavy atom. The number of carboxylic acids is 1. The summed E-state index contributed by atoms with van der Waals surface area (Å²) in [5.74, 6) is -0.369. The van der Waals surface area contributed by atoms with E-state index in [2.05, 4.69) is 0 Å². The molecule has 0 amide bonds. The van der Waals surface area contributed by atoms with E-state index < -0.39 is 11.4 Å². The first-order valence-corrected chi connectivity index (χ1v) is 4.78. The fraction of sp³-hybridized carbons (Fsp3) is 0.900. The van der Waals surface area contributed by atoms with Crippen LogP contribution in [-0.4, -0.2) is 11.1 Å². The molecule has 72 valence electrons. The molecule has 0 spiro atoms. The van der Waals surface area contributed by atoms with E-state index in [0.717, 1.165) is 19.3 Å². The molecule has 0 aliphatic carbocycles. The maximum Gasteiger partial charge on any atom is 0.309 e. The molecule has 0 saturated carbocycles. The quantitative estimate of drug-likeness (QED) is 0.692. The monoisotopic (exact) mass is 172 g/mol. The van der Waals surface area contributed by atoms with E-state index in [1.165, 1.54) is 0 Å². The van der Waals surface area contributed by atoms with Crippen LogP contribution in [0, 0.1) is 11.3 Å². The molecule has 2 heteroatoms. The van der Waals surface area contributed by atoms with E-state index in [1.807, 2.05) is 27.7 Å². The Hall–Kier alpha value is -0.530. The second-order valence-electron chi connectivity index (χ2n) is 3.48. The van der Waals surface area contributed by atoms with Crippen molar-refractivity contribution < 1.29 is 9.90 Å². The average Bonchev–Trinajstić information content (AvgIpc) is 2.06. The van der Waals surface area contributed by atoms with Crippen LogP contribution in [0.1, 0.15) is 47.0 Å². The minimum atomic E-state index is -0.637. The van der Waals surface area contributed by atoms with Crippen LogP contribution >= 0.6 is 0 Å². The zero-order valence-electron chi connectivity index (χ0n) is 8.55. The van der Waals surface area contributed by atoms with Crippen molar-refractivity contribution in [2.45, 2.75) is 47.0 Å². The van der Waals surface area contributed by atoms with E-state index in [9.17, 15) is 4.79 Å². The van der Waals surface area contributed by atoms with Crippen molar-refractivity contribution in [3.05, 3.63) is 0 Å². The number of carboxylic acid groups (broad SMARTS) is 1. The smallest absolute Gasteiger partial charge is 0.309 e. The second-order valence-corrected chi connectivity index (χ2v) is 3.48. The average molecular weight is 172 g/mol. The summed E-state index contributed by atoms with van der Waals surface area (Å²) in [5, 5.41) is 9.13. The van der Waals surface area contributed by atoms with Crippen molar-refractivity contribution in [3.8, 4) is 0 Å². The maximum absolute atomic E-state index is 11.1. The predicted octanol–water partition coefficient (Wildman–Crippen LogP) is 2.92. The molecule has 0 radical (unpaired) electrons. The number of rotatable bonds is 5. The van der Waals surface area contributed by atoms with Gasteiger partial charge in [-0.05, 0) is 18.8 Å². The number of aliphatic carboxylic acids is 1. The molecule has 0 bridgehead atoms. The first-order chi connectivity index (χ1) is 5.55. The van der Waals surface area contributed by atoms with Crippen LogP contribution in [0.4, 0.5) is 0 Å². The molecular weight excluding hydrogens is 152 g/mol. The minimum absolute atomic E-state index is 0.269. The predicted molar refractivity (Wildman–Crippen MR) is 50.1 cm³/mol. The number of hydrogen-bond donors (Lipinski definition) is 1. The molecule has 0 heterocycles. The summed E-state index contributed by atoms with van der Waals surface area (Å²) in [5.41, 5.74) is -0.491. The number of carbonyl (C=O) groups is 1. The largest absolute Gasteiger partial charge is 0.481 e. The van der Waals surface area contributed by atoms with Gasteiger partial charge in [-0.15, -0.1) is 0 Å². The van der Waals surface area contributed by atoms with Gasteiger partial charge in [0.05, 0.1) is 5.41 Å². The lowest BCUT2D eigenvalue weighted by Crippen LogP contribution is -2.36. The van der Waals surface area contributed by atoms with Gasteiger partial charge in [0.25, 0.3) is 0 Å². The third-order valence-corrected chi connectivity index (χ3v) is 3.24. The standard InChI is InChI=1S/C10H20O2/c1-5-8(4)10(6-2,7-3)9(11)12/h8H,5-7H2,1-4H3,(H,11,12). The van der Waals surface area contributed by atoms with E-state index in [0.29, 0.717) is 0 Å². The van der Waals surface area contributed by atoms with Crippen LogP contribution in [0.2, 0.25) is 0 Å². The Balaban J connectivity index is 4.68. The highest BCUT2D eigenvalue weighted by atomic mass is 16.4. The first kappa shape index (κ1) is 11.5. The molecule has 0 rings (SSSR count). The highest BCUT2D eigenvalue weighted by Crippen LogP contribution is 2.37.